The highest BCUT2D eigenvalue weighted by Gasteiger charge is 2.66. The van der Waals surface area contributed by atoms with Crippen LogP contribution < -0.4 is 0 Å². The molecule has 0 bridgehead atoms. The van der Waals surface area contributed by atoms with Crippen LogP contribution in [-0.2, 0) is 9.84 Å². The quantitative estimate of drug-likeness (QED) is 0.0800. The van der Waals surface area contributed by atoms with Gasteiger partial charge in [0.1, 0.15) is 0 Å². The van der Waals surface area contributed by atoms with E-state index in [-0.39, 0.29) is 22.5 Å². The Bertz CT molecular complexity index is 3240. The minimum atomic E-state index is -3.60. The van der Waals surface area contributed by atoms with Crippen LogP contribution in [0, 0.1) is 157 Å². The van der Waals surface area contributed by atoms with E-state index < -0.39 is 37.5 Å². The molecule has 15 aliphatic carbocycles. The summed E-state index contributed by atoms with van der Waals surface area (Å²) in [5, 5.41) is 73.4. The van der Waals surface area contributed by atoms with Crippen LogP contribution in [0.15, 0.2) is 35.2 Å². The van der Waals surface area contributed by atoms with Crippen LogP contribution in [0.1, 0.15) is 406 Å². The van der Waals surface area contributed by atoms with E-state index in [1.54, 1.807) is 12.1 Å². The van der Waals surface area contributed by atoms with Gasteiger partial charge < -0.3 is 35.7 Å². The van der Waals surface area contributed by atoms with E-state index in [2.05, 4.69) is 96.9 Å². The molecule has 15 aliphatic rings. The summed E-state index contributed by atoms with van der Waals surface area (Å²) < 4.78 is 29.0. The van der Waals surface area contributed by atoms with E-state index in [1.807, 2.05) is 25.1 Å². The van der Waals surface area contributed by atoms with Gasteiger partial charge >= 0.3 is 0 Å². The van der Waals surface area contributed by atoms with Crippen LogP contribution in [0.3, 0.4) is 0 Å². The van der Waals surface area contributed by atoms with Crippen molar-refractivity contribution in [3.63, 3.8) is 0 Å². The van der Waals surface area contributed by atoms with Crippen molar-refractivity contribution in [2.24, 2.45) is 157 Å². The highest BCUT2D eigenvalue weighted by Crippen LogP contribution is 2.73. The first-order valence-electron chi connectivity index (χ1n) is 49.3. The minimum absolute atomic E-state index is 0.00128. The van der Waals surface area contributed by atoms with Crippen LogP contribution in [-0.4, -0.2) is 90.1 Å². The summed E-state index contributed by atoms with van der Waals surface area (Å²) in [6, 6.07) is 9.09. The van der Waals surface area contributed by atoms with Crippen molar-refractivity contribution in [3.8, 4) is 0 Å². The van der Waals surface area contributed by atoms with Gasteiger partial charge in [-0.15, -0.1) is 0 Å². The van der Waals surface area contributed by atoms with Crippen molar-refractivity contribution in [1.29, 1.82) is 0 Å². The van der Waals surface area contributed by atoms with Gasteiger partial charge in [-0.05, 0) is 472 Å². The molecule has 0 amide bonds. The van der Waals surface area contributed by atoms with Gasteiger partial charge in [-0.1, -0.05) is 121 Å². The van der Waals surface area contributed by atoms with Crippen LogP contribution in [0.2, 0.25) is 0 Å². The van der Waals surface area contributed by atoms with Crippen molar-refractivity contribution in [1.82, 2.24) is 0 Å². The maximum absolute atomic E-state index is 14.5. The zero-order valence-corrected chi connectivity index (χ0v) is 76.5. The van der Waals surface area contributed by atoms with Crippen molar-refractivity contribution in [3.05, 3.63) is 30.3 Å². The number of hydrogen-bond donors (Lipinski definition) is 7. The summed E-state index contributed by atoms with van der Waals surface area (Å²) in [6.07, 6.45) is 55.0. The summed E-state index contributed by atoms with van der Waals surface area (Å²) in [5.74, 6) is 15.6. The fourth-order valence-corrected chi connectivity index (χ4v) is 36.3. The summed E-state index contributed by atoms with van der Waals surface area (Å²) in [7, 11) is -2.60. The first-order valence-corrected chi connectivity index (χ1v) is 50.8. The van der Waals surface area contributed by atoms with Gasteiger partial charge in [-0.25, -0.2) is 8.42 Å². The molecule has 0 saturated heterocycles. The standard InChI is InChI=1S/C38H60O4S.2C32H56O2.CH4O/c1-6-27-16-20-38(40,21-17-27)25-34(43(41,42)29-10-8-7-9-11-29)26(2)31-14-15-32-30-13-12-28-24-35(3,39)22-23-36(28,4)33(30)18-19-37(31,32)5;2*1-6-23-12-17-32(34,18-13-23)16-11-22(2)26-9-10-27-25-8-7-24-21-29(3,33)19-20-30(24,4)28(25)14-15-31(26,27)5;1-2/h7-11,26-28,30-34,39-40H,6,12-25H2,1-5H3;2*22-28,33-34H,6-21H2,1-5H3;2H,1H3/t26-,27?,28-,30-,31+,32-,33-,34?,35-,36-,37+,38?;2*22-,23?,24+,25+,26-,27+,28+,29+,30+,31-,32?;/m011./s1. The highest BCUT2D eigenvalue weighted by atomic mass is 32.2. The summed E-state index contributed by atoms with van der Waals surface area (Å²) >= 11 is 0. The third kappa shape index (κ3) is 17.5. The van der Waals surface area contributed by atoms with Gasteiger partial charge in [0.05, 0.1) is 43.8 Å². The second-order valence-electron chi connectivity index (χ2n) is 47.5. The molecule has 1 unspecified atom stereocenters. The third-order valence-electron chi connectivity index (χ3n) is 41.7. The molecule has 0 spiro atoms. The molecule has 0 aromatic heterocycles. The molecule has 16 rings (SSSR count). The topological polar surface area (TPSA) is 176 Å². The zero-order valence-electron chi connectivity index (χ0n) is 75.7. The fraction of sp³-hybridized carbons (Fsp3) is 0.942. The Hall–Kier alpha value is -1.11. The second-order valence-corrected chi connectivity index (χ2v) is 49.6. The molecule has 0 heterocycles. The Kier molecular flexibility index (Phi) is 27.1. The zero-order chi connectivity index (χ0) is 81.5. The molecular weight excluding hydrogens is 1410 g/mol. The lowest BCUT2D eigenvalue weighted by Gasteiger charge is -2.62. The molecule has 0 radical (unpaired) electrons. The molecule has 1 aromatic rings. The number of fused-ring (bicyclic) bond motifs is 15. The lowest BCUT2D eigenvalue weighted by molar-refractivity contribution is -0.148. The summed E-state index contributed by atoms with van der Waals surface area (Å²) in [4.78, 5) is 0.417. The van der Waals surface area contributed by atoms with Crippen LogP contribution in [0.5, 0.6) is 0 Å². The molecule has 0 aliphatic heterocycles. The van der Waals surface area contributed by atoms with Crippen molar-refractivity contribution in [2.45, 2.75) is 449 Å². The first kappa shape index (κ1) is 89.6. The summed E-state index contributed by atoms with van der Waals surface area (Å²) in [6.45, 7) is 36.1. The van der Waals surface area contributed by atoms with Gasteiger partial charge in [0.15, 0.2) is 9.84 Å². The highest BCUT2D eigenvalue weighted by molar-refractivity contribution is 7.92. The predicted octanol–water partition coefficient (Wildman–Crippen LogP) is 24.5. The number of rotatable bonds is 17. The lowest BCUT2D eigenvalue weighted by atomic mass is 9.43. The SMILES string of the molecule is CCC1CCC(O)(CC([C@@H](C)[C@H]2CC[C@H]3[C@@H]4CC[C@H]5C[C@@](C)(O)CC[C@]5(C)[C@H]4CC[C@]23C)S(=O)(=O)c2ccccc2)CC1.CCC1CCC(O)(CC[C@@H](C)[C@H]2CC[C@H]3[C@@H]4CC[C@H]5C[C@@](C)(O)CC[C@]5(C)[C@H]4CC[C@]23C)CC1.CCC1CCC(O)(CC[C@@H](C)[C@H]2CC[C@H]3[C@@H]4CC[C@H]5C[C@@](C)(O)CC[C@]5(C)[C@H]4CC[C@]23C)CC1.CO. The largest absolute Gasteiger partial charge is 0.400 e. The van der Waals surface area contributed by atoms with E-state index in [0.29, 0.717) is 62.1 Å². The van der Waals surface area contributed by atoms with Gasteiger partial charge in [0.2, 0.25) is 0 Å². The van der Waals surface area contributed by atoms with Crippen LogP contribution in [0.25, 0.3) is 0 Å². The Balaban J connectivity index is 0.000000148. The van der Waals surface area contributed by atoms with Gasteiger partial charge in [0.25, 0.3) is 0 Å². The maximum atomic E-state index is 14.5. The maximum Gasteiger partial charge on any atom is 0.181 e. The molecule has 28 atom stereocenters. The summed E-state index contributed by atoms with van der Waals surface area (Å²) in [5.41, 5.74) is -0.524. The molecule has 648 valence electrons. The smallest absolute Gasteiger partial charge is 0.181 e. The van der Waals surface area contributed by atoms with E-state index in [1.165, 1.54) is 173 Å². The predicted molar refractivity (Wildman–Crippen MR) is 465 cm³/mol. The Morgan fingerprint density at radius 1 is 0.345 bits per heavy atom. The van der Waals surface area contributed by atoms with Crippen molar-refractivity contribution < 1.29 is 44.2 Å². The number of hydrogen-bond acceptors (Lipinski definition) is 9. The molecule has 15 fully saturated rings. The molecule has 1 aromatic carbocycles. The normalized spacial score (nSPS) is 50.2. The van der Waals surface area contributed by atoms with Crippen molar-refractivity contribution >= 4 is 9.84 Å². The van der Waals surface area contributed by atoms with Crippen molar-refractivity contribution in [2.75, 3.05) is 7.11 Å². The van der Waals surface area contributed by atoms with Gasteiger partial charge in [0, 0.05) is 7.11 Å². The Morgan fingerprint density at radius 2 is 0.646 bits per heavy atom. The number of aliphatic hydroxyl groups excluding tert-OH is 1. The van der Waals surface area contributed by atoms with Gasteiger partial charge in [-0.2, -0.15) is 0 Å². The fourth-order valence-electron chi connectivity index (χ4n) is 34.1. The number of sulfone groups is 1. The minimum Gasteiger partial charge on any atom is -0.400 e. The average Bonchev–Trinajstić information content (AvgIpc) is 1.61. The molecule has 15 saturated carbocycles. The molecule has 10 heteroatoms. The lowest BCUT2D eigenvalue weighted by Crippen LogP contribution is -2.56. The van der Waals surface area contributed by atoms with Crippen LogP contribution in [0.4, 0.5) is 0 Å². The average molecular weight is 1590 g/mol. The molecule has 113 heavy (non-hydrogen) atoms. The van der Waals surface area contributed by atoms with E-state index >= 15 is 0 Å². The Labute approximate surface area is 693 Å². The monoisotopic (exact) mass is 1590 g/mol. The third-order valence-corrected chi connectivity index (χ3v) is 44.0. The van der Waals surface area contributed by atoms with Gasteiger partial charge in [-0.3, -0.25) is 0 Å². The van der Waals surface area contributed by atoms with Crippen LogP contribution >= 0.6 is 0 Å². The second kappa shape index (κ2) is 34.2. The van der Waals surface area contributed by atoms with E-state index in [4.69, 9.17) is 5.11 Å². The molecule has 9 nitrogen and oxygen atoms in total. The number of benzene rings is 1. The van der Waals surface area contributed by atoms with E-state index in [9.17, 15) is 39.1 Å². The Morgan fingerprint density at radius 3 is 0.973 bits per heavy atom. The number of aliphatic hydroxyl groups is 7. The van der Waals surface area contributed by atoms with E-state index in [0.717, 1.165) is 224 Å². The molecular formula is C103H176O9S. The first-order chi connectivity index (χ1) is 53.2. The molecule has 7 N–H and O–H groups in total.